The van der Waals surface area contributed by atoms with Crippen LogP contribution in [0.25, 0.3) is 0 Å². The maximum absolute atomic E-state index is 10.9. The molecule has 5 nitrogen and oxygen atoms in total. The molecule has 0 atom stereocenters. The van der Waals surface area contributed by atoms with Crippen molar-refractivity contribution in [3.63, 3.8) is 0 Å². The van der Waals surface area contributed by atoms with E-state index in [1.54, 1.807) is 17.4 Å². The Morgan fingerprint density at radius 2 is 2.20 bits per heavy atom. The monoisotopic (exact) mass is 354 g/mol. The number of rotatable bonds is 5. The van der Waals surface area contributed by atoms with Crippen molar-refractivity contribution in [2.45, 2.75) is 6.54 Å². The fourth-order valence-electron chi connectivity index (χ4n) is 1.83. The van der Waals surface area contributed by atoms with Crippen molar-refractivity contribution in [3.8, 4) is 0 Å². The van der Waals surface area contributed by atoms with Gasteiger partial charge in [-0.2, -0.15) is 0 Å². The van der Waals surface area contributed by atoms with Crippen LogP contribution < -0.4 is 4.90 Å². The first-order valence-electron chi connectivity index (χ1n) is 5.69. The molecular formula is C13H11BrN2O3S. The molecule has 20 heavy (non-hydrogen) atoms. The lowest BCUT2D eigenvalue weighted by molar-refractivity contribution is -0.385. The summed E-state index contributed by atoms with van der Waals surface area (Å²) in [7, 11) is 1.88. The molecule has 0 radical (unpaired) electrons. The first kappa shape index (κ1) is 14.7. The average molecular weight is 355 g/mol. The van der Waals surface area contributed by atoms with Gasteiger partial charge in [-0.3, -0.25) is 14.9 Å². The van der Waals surface area contributed by atoms with E-state index in [9.17, 15) is 14.9 Å². The Kier molecular flexibility index (Phi) is 4.51. The third kappa shape index (κ3) is 3.23. The zero-order valence-corrected chi connectivity index (χ0v) is 13.0. The van der Waals surface area contributed by atoms with Gasteiger partial charge in [0, 0.05) is 25.3 Å². The van der Waals surface area contributed by atoms with E-state index in [4.69, 9.17) is 0 Å². The Morgan fingerprint density at radius 1 is 1.45 bits per heavy atom. The number of carbonyl (C=O) groups excluding carboxylic acids is 1. The lowest BCUT2D eigenvalue weighted by atomic mass is 10.1. The standard InChI is InChI=1S/C13H11BrN2O3S/c1-15(6-9-4-13(14)20-8-9)11-2-3-12(16(18)19)10(5-11)7-17/h2-5,7-8H,6H2,1H3. The minimum absolute atomic E-state index is 0.0887. The fourth-order valence-corrected chi connectivity index (χ4v) is 3.03. The molecular weight excluding hydrogens is 344 g/mol. The van der Waals surface area contributed by atoms with Crippen molar-refractivity contribution >= 4 is 44.9 Å². The van der Waals surface area contributed by atoms with E-state index in [0.717, 1.165) is 15.0 Å². The largest absolute Gasteiger partial charge is 0.370 e. The van der Waals surface area contributed by atoms with Crippen molar-refractivity contribution in [2.75, 3.05) is 11.9 Å². The van der Waals surface area contributed by atoms with E-state index in [0.29, 0.717) is 12.8 Å². The van der Waals surface area contributed by atoms with E-state index >= 15 is 0 Å². The van der Waals surface area contributed by atoms with E-state index in [2.05, 4.69) is 15.9 Å². The van der Waals surface area contributed by atoms with Crippen LogP contribution in [0.5, 0.6) is 0 Å². The topological polar surface area (TPSA) is 63.4 Å². The van der Waals surface area contributed by atoms with Crippen LogP contribution in [0.2, 0.25) is 0 Å². The zero-order valence-electron chi connectivity index (χ0n) is 10.6. The summed E-state index contributed by atoms with van der Waals surface area (Å²) in [6, 6.07) is 6.56. The molecule has 2 rings (SSSR count). The lowest BCUT2D eigenvalue weighted by Gasteiger charge is -2.18. The summed E-state index contributed by atoms with van der Waals surface area (Å²) in [4.78, 5) is 23.1. The molecule has 0 aliphatic heterocycles. The summed E-state index contributed by atoms with van der Waals surface area (Å²) in [5.41, 5.74) is 1.82. The molecule has 1 heterocycles. The zero-order chi connectivity index (χ0) is 14.7. The average Bonchev–Trinajstić information content (AvgIpc) is 2.83. The minimum atomic E-state index is -0.552. The second-order valence-electron chi connectivity index (χ2n) is 4.23. The molecule has 7 heteroatoms. The Bertz CT molecular complexity index is 657. The van der Waals surface area contributed by atoms with Gasteiger partial charge >= 0.3 is 0 Å². The number of benzene rings is 1. The number of thiophene rings is 1. The Balaban J connectivity index is 2.24. The summed E-state index contributed by atoms with van der Waals surface area (Å²) in [6.45, 7) is 0.665. The molecule has 0 fully saturated rings. The quantitative estimate of drug-likeness (QED) is 0.464. The number of hydrogen-bond acceptors (Lipinski definition) is 5. The van der Waals surface area contributed by atoms with Gasteiger partial charge in [-0.1, -0.05) is 0 Å². The highest BCUT2D eigenvalue weighted by Gasteiger charge is 2.15. The number of carbonyl (C=O) groups is 1. The summed E-state index contributed by atoms with van der Waals surface area (Å²) in [6.07, 6.45) is 0.511. The smallest absolute Gasteiger partial charge is 0.280 e. The van der Waals surface area contributed by atoms with Crippen LogP contribution >= 0.6 is 27.3 Å². The maximum atomic E-state index is 10.9. The maximum Gasteiger partial charge on any atom is 0.280 e. The van der Waals surface area contributed by atoms with E-state index in [1.165, 1.54) is 12.1 Å². The van der Waals surface area contributed by atoms with Crippen LogP contribution in [0.3, 0.4) is 0 Å². The molecule has 1 aromatic heterocycles. The van der Waals surface area contributed by atoms with Crippen molar-refractivity contribution < 1.29 is 9.72 Å². The summed E-state index contributed by atoms with van der Waals surface area (Å²) in [5, 5.41) is 12.8. The molecule has 0 unspecified atom stereocenters. The fraction of sp³-hybridized carbons (Fsp3) is 0.154. The van der Waals surface area contributed by atoms with Crippen LogP contribution in [0.1, 0.15) is 15.9 Å². The molecule has 0 saturated heterocycles. The highest BCUT2D eigenvalue weighted by Crippen LogP contribution is 2.26. The van der Waals surface area contributed by atoms with Crippen LogP contribution in [0, 0.1) is 10.1 Å². The second kappa shape index (κ2) is 6.15. The molecule has 0 aliphatic rings. The van der Waals surface area contributed by atoms with Gasteiger partial charge in [0.2, 0.25) is 0 Å². The van der Waals surface area contributed by atoms with Crippen molar-refractivity contribution in [1.29, 1.82) is 0 Å². The number of nitro groups is 1. The summed E-state index contributed by atoms with van der Waals surface area (Å²) < 4.78 is 1.05. The number of anilines is 1. The van der Waals surface area contributed by atoms with Crippen LogP contribution in [0.15, 0.2) is 33.4 Å². The number of hydrogen-bond donors (Lipinski definition) is 0. The normalized spacial score (nSPS) is 10.3. The number of aldehydes is 1. The predicted octanol–water partition coefficient (Wildman–Crippen LogP) is 3.87. The summed E-state index contributed by atoms with van der Waals surface area (Å²) in [5.74, 6) is 0. The Labute approximate surface area is 128 Å². The second-order valence-corrected chi connectivity index (χ2v) is 6.52. The SMILES string of the molecule is CN(Cc1csc(Br)c1)c1ccc([N+](=O)[O-])c(C=O)c1. The van der Waals surface area contributed by atoms with Gasteiger partial charge in [-0.15, -0.1) is 11.3 Å². The lowest BCUT2D eigenvalue weighted by Crippen LogP contribution is -2.16. The van der Waals surface area contributed by atoms with Crippen molar-refractivity contribution in [2.24, 2.45) is 0 Å². The molecule has 2 aromatic rings. The van der Waals surface area contributed by atoms with E-state index < -0.39 is 4.92 Å². The van der Waals surface area contributed by atoms with E-state index in [-0.39, 0.29) is 11.3 Å². The van der Waals surface area contributed by atoms with E-state index in [1.807, 2.05) is 23.4 Å². The molecule has 1 aromatic carbocycles. The molecule has 0 bridgehead atoms. The summed E-state index contributed by atoms with van der Waals surface area (Å²) >= 11 is 5.01. The van der Waals surface area contributed by atoms with Gasteiger partial charge in [0.05, 0.1) is 14.3 Å². The van der Waals surface area contributed by atoms with Gasteiger partial charge < -0.3 is 4.90 Å². The molecule has 104 valence electrons. The molecule has 0 amide bonds. The van der Waals surface area contributed by atoms with Crippen LogP contribution in [-0.4, -0.2) is 18.3 Å². The van der Waals surface area contributed by atoms with Crippen molar-refractivity contribution in [1.82, 2.24) is 0 Å². The van der Waals surface area contributed by atoms with Gasteiger partial charge in [0.1, 0.15) is 0 Å². The van der Waals surface area contributed by atoms with Gasteiger partial charge in [-0.25, -0.2) is 0 Å². The first-order valence-corrected chi connectivity index (χ1v) is 7.36. The predicted molar refractivity (Wildman–Crippen MR) is 82.6 cm³/mol. The molecule has 0 N–H and O–H groups in total. The molecule has 0 spiro atoms. The van der Waals surface area contributed by atoms with Crippen LogP contribution in [0.4, 0.5) is 11.4 Å². The molecule has 0 saturated carbocycles. The van der Waals surface area contributed by atoms with Crippen molar-refractivity contribution in [3.05, 3.63) is 54.7 Å². The highest BCUT2D eigenvalue weighted by molar-refractivity contribution is 9.11. The Morgan fingerprint density at radius 3 is 2.75 bits per heavy atom. The first-order chi connectivity index (χ1) is 9.51. The molecule has 0 aliphatic carbocycles. The minimum Gasteiger partial charge on any atom is -0.370 e. The number of halogens is 1. The Hall–Kier alpha value is -1.73. The van der Waals surface area contributed by atoms with Crippen LogP contribution in [-0.2, 0) is 6.54 Å². The third-order valence-corrected chi connectivity index (χ3v) is 4.37. The van der Waals surface area contributed by atoms with Gasteiger partial charge in [-0.05, 0) is 45.1 Å². The van der Waals surface area contributed by atoms with Gasteiger partial charge in [0.25, 0.3) is 5.69 Å². The third-order valence-electron chi connectivity index (χ3n) is 2.82. The van der Waals surface area contributed by atoms with Gasteiger partial charge in [0.15, 0.2) is 6.29 Å². The highest BCUT2D eigenvalue weighted by atomic mass is 79.9. The number of nitro benzene ring substituents is 1. The number of nitrogens with zero attached hydrogens (tertiary/aromatic N) is 2.